The van der Waals surface area contributed by atoms with Gasteiger partial charge in [0.2, 0.25) is 0 Å². The summed E-state index contributed by atoms with van der Waals surface area (Å²) in [5, 5.41) is 39.0. The molecule has 2 unspecified atom stereocenters. The second kappa shape index (κ2) is 7.84. The Hall–Kier alpha value is -2.12. The van der Waals surface area contributed by atoms with Crippen LogP contribution in [0.4, 0.5) is 0 Å². The minimum absolute atomic E-state index is 0.158. The monoisotopic (exact) mass is 369 g/mol. The molecule has 0 saturated carbocycles. The fourth-order valence-electron chi connectivity index (χ4n) is 2.66. The first kappa shape index (κ1) is 19.2. The maximum Gasteiger partial charge on any atom is 0.448 e. The number of benzene rings is 1. The van der Waals surface area contributed by atoms with Crippen LogP contribution in [0.2, 0.25) is 0 Å². The highest BCUT2D eigenvalue weighted by Crippen LogP contribution is 2.39. The molecule has 1 aromatic rings. The molecule has 9 heteroatoms. The van der Waals surface area contributed by atoms with Gasteiger partial charge in [0.05, 0.1) is 17.7 Å². The Kier molecular flexibility index (Phi) is 6.02. The summed E-state index contributed by atoms with van der Waals surface area (Å²) >= 11 is 0. The second-order valence-corrected chi connectivity index (χ2v) is 7.01. The third-order valence-corrected chi connectivity index (χ3v) is 4.25. The molecule has 1 aliphatic carbocycles. The number of phenols is 1. The van der Waals surface area contributed by atoms with E-state index in [4.69, 9.17) is 9.79 Å². The molecule has 0 aromatic heterocycles. The molecule has 2 rings (SSSR count). The molecule has 0 heterocycles. The molecule has 25 heavy (non-hydrogen) atoms. The Morgan fingerprint density at radius 3 is 2.32 bits per heavy atom. The van der Waals surface area contributed by atoms with E-state index in [1.165, 1.54) is 0 Å². The molecule has 1 aromatic carbocycles. The molecule has 0 bridgehead atoms. The van der Waals surface area contributed by atoms with Crippen molar-refractivity contribution in [1.82, 2.24) is 0 Å². The van der Waals surface area contributed by atoms with Gasteiger partial charge in [0.15, 0.2) is 0 Å². The third-order valence-electron chi connectivity index (χ3n) is 3.76. The predicted octanol–water partition coefficient (Wildman–Crippen LogP) is 2.12. The topological polar surface area (TPSA) is 151 Å². The summed E-state index contributed by atoms with van der Waals surface area (Å²) in [5.74, 6) is -1.78. The highest BCUT2D eigenvalue weighted by atomic mass is 31.2. The molecule has 0 saturated heterocycles. The smallest absolute Gasteiger partial charge is 0.448 e. The normalized spacial score (nSPS) is 20.9. The van der Waals surface area contributed by atoms with E-state index >= 15 is 0 Å². The average Bonchev–Trinajstić information content (AvgIpc) is 2.46. The van der Waals surface area contributed by atoms with Crippen LogP contribution in [0.3, 0.4) is 0 Å². The summed E-state index contributed by atoms with van der Waals surface area (Å²) in [6.07, 6.45) is 2.26. The van der Waals surface area contributed by atoms with Gasteiger partial charge in [-0.2, -0.15) is 4.76 Å². The van der Waals surface area contributed by atoms with Crippen molar-refractivity contribution >= 4 is 13.5 Å². The molecule has 0 radical (unpaired) electrons. The Morgan fingerprint density at radius 2 is 1.72 bits per heavy atom. The van der Waals surface area contributed by atoms with Crippen LogP contribution in [-0.2, 0) is 11.0 Å². The fraction of sp³-hybridized carbons (Fsp3) is 0.312. The zero-order valence-electron chi connectivity index (χ0n) is 13.2. The lowest BCUT2D eigenvalue weighted by Crippen LogP contribution is -2.31. The first-order valence-corrected chi connectivity index (χ1v) is 9.15. The van der Waals surface area contributed by atoms with E-state index in [1.807, 2.05) is 0 Å². The molecule has 0 spiro atoms. The molecule has 6 N–H and O–H groups in total. The molecular weight excluding hydrogens is 349 g/mol. The third kappa shape index (κ3) is 5.72. The minimum atomic E-state index is -4.78. The summed E-state index contributed by atoms with van der Waals surface area (Å²) < 4.78 is 14.3. The molecule has 0 fully saturated rings. The number of allylic oxidation sites excluding steroid dienone is 2. The van der Waals surface area contributed by atoms with Crippen molar-refractivity contribution < 1.29 is 34.8 Å². The standard InChI is InChI=1S/C16H20NO7P/c18-11-6-4-10(5-7-11)2-1-3-14(20)16-13(17-25(22,23)24)8-12(19)9-15(16)21/h4-9,14,16,18-21H,1-3H2,(H2,22,23,24)/b17-13+. The van der Waals surface area contributed by atoms with Crippen LogP contribution in [0.5, 0.6) is 5.75 Å². The van der Waals surface area contributed by atoms with Crippen molar-refractivity contribution in [3.05, 3.63) is 53.5 Å². The Morgan fingerprint density at radius 1 is 1.08 bits per heavy atom. The first-order chi connectivity index (χ1) is 11.7. The van der Waals surface area contributed by atoms with Gasteiger partial charge in [0, 0.05) is 12.2 Å². The number of rotatable bonds is 6. The van der Waals surface area contributed by atoms with Crippen LogP contribution in [0, 0.1) is 5.92 Å². The van der Waals surface area contributed by atoms with E-state index in [1.54, 1.807) is 24.3 Å². The lowest BCUT2D eigenvalue weighted by molar-refractivity contribution is 0.119. The molecule has 1 aliphatic rings. The number of aliphatic hydroxyl groups excluding tert-OH is 3. The van der Waals surface area contributed by atoms with Crippen molar-refractivity contribution in [3.8, 4) is 5.75 Å². The Balaban J connectivity index is 2.06. The van der Waals surface area contributed by atoms with Crippen molar-refractivity contribution in [2.45, 2.75) is 25.4 Å². The quantitative estimate of drug-likeness (QED) is 0.420. The number of aromatic hydroxyl groups is 1. The van der Waals surface area contributed by atoms with E-state index in [2.05, 4.69) is 4.76 Å². The molecule has 0 aliphatic heterocycles. The zero-order valence-corrected chi connectivity index (χ0v) is 14.1. The van der Waals surface area contributed by atoms with Crippen LogP contribution < -0.4 is 0 Å². The van der Waals surface area contributed by atoms with E-state index in [0.29, 0.717) is 12.8 Å². The summed E-state index contributed by atoms with van der Waals surface area (Å²) in [4.78, 5) is 18.0. The maximum absolute atomic E-state index is 11.1. The number of phenolic OH excluding ortho intramolecular Hbond substituents is 1. The van der Waals surface area contributed by atoms with E-state index in [0.717, 1.165) is 17.7 Å². The maximum atomic E-state index is 11.1. The van der Waals surface area contributed by atoms with Crippen molar-refractivity contribution in [3.63, 3.8) is 0 Å². The number of hydrogen-bond donors (Lipinski definition) is 6. The van der Waals surface area contributed by atoms with Crippen molar-refractivity contribution in [2.24, 2.45) is 10.7 Å². The number of nitrogens with zero attached hydrogens (tertiary/aromatic N) is 1. The highest BCUT2D eigenvalue weighted by Gasteiger charge is 2.32. The van der Waals surface area contributed by atoms with Gasteiger partial charge in [-0.3, -0.25) is 0 Å². The van der Waals surface area contributed by atoms with Gasteiger partial charge < -0.3 is 30.2 Å². The lowest BCUT2D eigenvalue weighted by atomic mass is 9.87. The van der Waals surface area contributed by atoms with Gasteiger partial charge in [-0.15, -0.1) is 0 Å². The van der Waals surface area contributed by atoms with Gasteiger partial charge in [0.25, 0.3) is 0 Å². The predicted molar refractivity (Wildman–Crippen MR) is 91.4 cm³/mol. The van der Waals surface area contributed by atoms with Gasteiger partial charge in [0.1, 0.15) is 17.3 Å². The highest BCUT2D eigenvalue weighted by molar-refractivity contribution is 7.50. The molecule has 8 nitrogen and oxygen atoms in total. The van der Waals surface area contributed by atoms with Crippen molar-refractivity contribution in [1.29, 1.82) is 0 Å². The van der Waals surface area contributed by atoms with Crippen LogP contribution in [0.15, 0.2) is 52.7 Å². The Bertz CT molecular complexity index is 748. The van der Waals surface area contributed by atoms with E-state index in [-0.39, 0.29) is 17.9 Å². The average molecular weight is 369 g/mol. The molecule has 0 amide bonds. The number of aryl methyl sites for hydroxylation is 1. The van der Waals surface area contributed by atoms with Crippen LogP contribution in [0.25, 0.3) is 0 Å². The molecule has 136 valence electrons. The van der Waals surface area contributed by atoms with E-state index < -0.39 is 31.3 Å². The summed E-state index contributed by atoms with van der Waals surface area (Å²) in [7, 11) is -4.78. The first-order valence-electron chi connectivity index (χ1n) is 7.58. The van der Waals surface area contributed by atoms with Gasteiger partial charge in [-0.25, -0.2) is 4.57 Å². The van der Waals surface area contributed by atoms with Gasteiger partial charge >= 0.3 is 7.75 Å². The van der Waals surface area contributed by atoms with E-state index in [9.17, 15) is 25.0 Å². The number of hydrogen-bond acceptors (Lipinski definition) is 5. The lowest BCUT2D eigenvalue weighted by Gasteiger charge is -2.25. The van der Waals surface area contributed by atoms with Crippen molar-refractivity contribution in [2.75, 3.05) is 0 Å². The van der Waals surface area contributed by atoms with Crippen LogP contribution >= 0.6 is 7.75 Å². The molecule has 2 atom stereocenters. The Labute approximate surface area is 144 Å². The van der Waals surface area contributed by atoms with Crippen LogP contribution in [-0.4, -0.2) is 42.0 Å². The zero-order chi connectivity index (χ0) is 18.6. The van der Waals surface area contributed by atoms with Gasteiger partial charge in [-0.1, -0.05) is 12.1 Å². The fourth-order valence-corrected chi connectivity index (χ4v) is 3.14. The van der Waals surface area contributed by atoms with Crippen LogP contribution in [0.1, 0.15) is 18.4 Å². The largest absolute Gasteiger partial charge is 0.511 e. The summed E-state index contributed by atoms with van der Waals surface area (Å²) in [6, 6.07) is 6.61. The summed E-state index contributed by atoms with van der Waals surface area (Å²) in [6.45, 7) is 0. The SMILES string of the molecule is O=P(O)(O)/N=C1\C=C(O)C=C(O)C1C(O)CCCc1ccc(O)cc1. The minimum Gasteiger partial charge on any atom is -0.511 e. The molecular formula is C16H20NO7P. The second-order valence-electron chi connectivity index (χ2n) is 5.78. The summed E-state index contributed by atoms with van der Waals surface area (Å²) in [5.41, 5.74) is 0.679. The number of aliphatic hydroxyl groups is 3. The van der Waals surface area contributed by atoms with Gasteiger partial charge in [-0.05, 0) is 37.0 Å².